The summed E-state index contributed by atoms with van der Waals surface area (Å²) in [4.78, 5) is 4.36. The molecule has 5 heteroatoms. The van der Waals surface area contributed by atoms with E-state index in [1.54, 1.807) is 20.8 Å². The molecule has 0 aliphatic rings. The Kier molecular flexibility index (Phi) is 7.84. The number of aromatic nitrogens is 1. The van der Waals surface area contributed by atoms with Crippen LogP contribution < -0.4 is 4.74 Å². The highest BCUT2D eigenvalue weighted by Crippen LogP contribution is 2.20. The van der Waals surface area contributed by atoms with Gasteiger partial charge in [0.05, 0.1) is 10.5 Å². The Bertz CT molecular complexity index is 779. The number of aryl methyl sites for hydroxylation is 1. The van der Waals surface area contributed by atoms with Crippen LogP contribution in [-0.4, -0.2) is 23.9 Å². The molecule has 0 bridgehead atoms. The van der Waals surface area contributed by atoms with Crippen LogP contribution in [0.4, 0.5) is 0 Å². The van der Waals surface area contributed by atoms with Gasteiger partial charge in [0.1, 0.15) is 5.75 Å². The Balaban J connectivity index is 1.62. The molecule has 2 rings (SSSR count). The van der Waals surface area contributed by atoms with Gasteiger partial charge in [-0.15, -0.1) is 0 Å². The molecule has 0 radical (unpaired) electrons. The Morgan fingerprint density at radius 1 is 0.889 bits per heavy atom. The van der Waals surface area contributed by atoms with Gasteiger partial charge >= 0.3 is 0 Å². The zero-order chi connectivity index (χ0) is 19.8. The minimum Gasteiger partial charge on any atom is -0.439 e. The van der Waals surface area contributed by atoms with Crippen LogP contribution in [0.3, 0.4) is 0 Å². The summed E-state index contributed by atoms with van der Waals surface area (Å²) >= 11 is 0. The average molecular weight is 390 g/mol. The maximum Gasteiger partial charge on any atom is 0.219 e. The molecular formula is C22H31NO3S. The Morgan fingerprint density at radius 3 is 2.19 bits per heavy atom. The minimum atomic E-state index is -2.98. The third-order valence-electron chi connectivity index (χ3n) is 4.57. The number of nitrogens with zero attached hydrogens (tertiary/aromatic N) is 1. The molecule has 27 heavy (non-hydrogen) atoms. The van der Waals surface area contributed by atoms with E-state index in [9.17, 15) is 8.42 Å². The monoisotopic (exact) mass is 389 g/mol. The SMILES string of the molecule is CC(C)(C)S(=O)(=O)CCCCCCCc1ccc(Oc2ccccc2)nc1. The Labute approximate surface area is 163 Å². The predicted molar refractivity (Wildman–Crippen MR) is 111 cm³/mol. The summed E-state index contributed by atoms with van der Waals surface area (Å²) in [7, 11) is -2.98. The van der Waals surface area contributed by atoms with Gasteiger partial charge in [0.15, 0.2) is 9.84 Å². The molecule has 148 valence electrons. The van der Waals surface area contributed by atoms with Gasteiger partial charge in [0.25, 0.3) is 0 Å². The molecule has 0 unspecified atom stereocenters. The van der Waals surface area contributed by atoms with Crippen molar-refractivity contribution in [3.63, 3.8) is 0 Å². The summed E-state index contributed by atoms with van der Waals surface area (Å²) in [5, 5.41) is 0. The van der Waals surface area contributed by atoms with Gasteiger partial charge in [-0.25, -0.2) is 13.4 Å². The van der Waals surface area contributed by atoms with Crippen LogP contribution in [0.25, 0.3) is 0 Å². The molecule has 0 aliphatic heterocycles. The predicted octanol–water partition coefficient (Wildman–Crippen LogP) is 5.58. The van der Waals surface area contributed by atoms with Gasteiger partial charge in [0.2, 0.25) is 5.88 Å². The molecule has 1 heterocycles. The molecule has 0 saturated heterocycles. The highest BCUT2D eigenvalue weighted by atomic mass is 32.2. The Morgan fingerprint density at radius 2 is 1.56 bits per heavy atom. The van der Waals surface area contributed by atoms with Crippen molar-refractivity contribution >= 4 is 9.84 Å². The first-order valence-corrected chi connectivity index (χ1v) is 11.3. The van der Waals surface area contributed by atoms with Gasteiger partial charge < -0.3 is 4.74 Å². The minimum absolute atomic E-state index is 0.295. The fourth-order valence-electron chi connectivity index (χ4n) is 2.69. The summed E-state index contributed by atoms with van der Waals surface area (Å²) in [5.41, 5.74) is 1.20. The summed E-state index contributed by atoms with van der Waals surface area (Å²) in [6.07, 6.45) is 7.85. The van der Waals surface area contributed by atoms with Gasteiger partial charge in [0, 0.05) is 12.3 Å². The third-order valence-corrected chi connectivity index (χ3v) is 7.27. The van der Waals surface area contributed by atoms with Gasteiger partial charge in [-0.05, 0) is 57.7 Å². The van der Waals surface area contributed by atoms with Crippen molar-refractivity contribution in [2.45, 2.75) is 64.0 Å². The van der Waals surface area contributed by atoms with E-state index in [0.717, 1.165) is 44.3 Å². The van der Waals surface area contributed by atoms with E-state index in [0.29, 0.717) is 11.6 Å². The summed E-state index contributed by atoms with van der Waals surface area (Å²) in [5.74, 6) is 1.68. The van der Waals surface area contributed by atoms with Gasteiger partial charge in [-0.1, -0.05) is 43.5 Å². The van der Waals surface area contributed by atoms with Crippen LogP contribution in [0, 0.1) is 0 Å². The molecule has 0 N–H and O–H groups in total. The van der Waals surface area contributed by atoms with Crippen molar-refractivity contribution in [3.05, 3.63) is 54.2 Å². The summed E-state index contributed by atoms with van der Waals surface area (Å²) < 4.78 is 29.2. The van der Waals surface area contributed by atoms with Gasteiger partial charge in [-0.2, -0.15) is 0 Å². The lowest BCUT2D eigenvalue weighted by Crippen LogP contribution is -2.30. The van der Waals surface area contributed by atoms with Crippen LogP contribution in [0.2, 0.25) is 0 Å². The molecule has 1 aromatic heterocycles. The normalized spacial score (nSPS) is 12.1. The lowest BCUT2D eigenvalue weighted by atomic mass is 10.1. The molecule has 1 aromatic carbocycles. The number of pyridine rings is 1. The number of rotatable bonds is 10. The summed E-state index contributed by atoms with van der Waals surface area (Å²) in [6, 6.07) is 13.6. The maximum absolute atomic E-state index is 12.1. The zero-order valence-electron chi connectivity index (χ0n) is 16.6. The van der Waals surface area contributed by atoms with E-state index in [1.807, 2.05) is 42.6 Å². The highest BCUT2D eigenvalue weighted by molar-refractivity contribution is 7.92. The van der Waals surface area contributed by atoms with Crippen LogP contribution in [0.5, 0.6) is 11.6 Å². The average Bonchev–Trinajstić information content (AvgIpc) is 2.62. The largest absolute Gasteiger partial charge is 0.439 e. The fraction of sp³-hybridized carbons (Fsp3) is 0.500. The van der Waals surface area contributed by atoms with E-state index < -0.39 is 14.6 Å². The fourth-order valence-corrected chi connectivity index (χ4v) is 3.88. The lowest BCUT2D eigenvalue weighted by molar-refractivity contribution is 0.462. The van der Waals surface area contributed by atoms with Crippen LogP contribution >= 0.6 is 0 Å². The van der Waals surface area contributed by atoms with Crippen molar-refractivity contribution in [2.24, 2.45) is 0 Å². The van der Waals surface area contributed by atoms with E-state index in [4.69, 9.17) is 4.74 Å². The van der Waals surface area contributed by atoms with Gasteiger partial charge in [-0.3, -0.25) is 0 Å². The molecule has 0 spiro atoms. The number of para-hydroxylation sites is 1. The second kappa shape index (κ2) is 9.88. The van der Waals surface area contributed by atoms with Crippen LogP contribution in [0.1, 0.15) is 58.4 Å². The molecular weight excluding hydrogens is 358 g/mol. The van der Waals surface area contributed by atoms with Crippen molar-refractivity contribution in [3.8, 4) is 11.6 Å². The first kappa shape index (κ1) is 21.4. The number of sulfone groups is 1. The van der Waals surface area contributed by atoms with Crippen LogP contribution in [0.15, 0.2) is 48.7 Å². The van der Waals surface area contributed by atoms with Crippen molar-refractivity contribution in [2.75, 3.05) is 5.75 Å². The van der Waals surface area contributed by atoms with Crippen molar-refractivity contribution in [1.29, 1.82) is 0 Å². The quantitative estimate of drug-likeness (QED) is 0.498. The third kappa shape index (κ3) is 7.33. The second-order valence-electron chi connectivity index (χ2n) is 7.87. The number of benzene rings is 1. The first-order chi connectivity index (χ1) is 12.8. The van der Waals surface area contributed by atoms with Crippen molar-refractivity contribution in [1.82, 2.24) is 4.98 Å². The smallest absolute Gasteiger partial charge is 0.219 e. The molecule has 0 aliphatic carbocycles. The molecule has 0 fully saturated rings. The van der Waals surface area contributed by atoms with Crippen molar-refractivity contribution < 1.29 is 13.2 Å². The number of ether oxygens (including phenoxy) is 1. The second-order valence-corrected chi connectivity index (χ2v) is 10.7. The Hall–Kier alpha value is -1.88. The zero-order valence-corrected chi connectivity index (χ0v) is 17.5. The molecule has 2 aromatic rings. The highest BCUT2D eigenvalue weighted by Gasteiger charge is 2.27. The first-order valence-electron chi connectivity index (χ1n) is 9.68. The topological polar surface area (TPSA) is 56.3 Å². The molecule has 0 amide bonds. The van der Waals surface area contributed by atoms with Crippen LogP contribution in [-0.2, 0) is 16.3 Å². The summed E-state index contributed by atoms with van der Waals surface area (Å²) in [6.45, 7) is 5.31. The van der Waals surface area contributed by atoms with E-state index in [1.165, 1.54) is 5.56 Å². The van der Waals surface area contributed by atoms with E-state index in [-0.39, 0.29) is 0 Å². The number of hydrogen-bond acceptors (Lipinski definition) is 4. The molecule has 0 saturated carbocycles. The molecule has 4 nitrogen and oxygen atoms in total. The number of unbranched alkanes of at least 4 members (excludes halogenated alkanes) is 4. The maximum atomic E-state index is 12.1. The number of hydrogen-bond donors (Lipinski definition) is 0. The lowest BCUT2D eigenvalue weighted by Gasteiger charge is -2.18. The molecule has 0 atom stereocenters. The van der Waals surface area contributed by atoms with E-state index in [2.05, 4.69) is 11.1 Å². The van der Waals surface area contributed by atoms with E-state index >= 15 is 0 Å². The standard InChI is InChI=1S/C22H31NO3S/c1-22(2,3)27(24,25)17-11-6-4-5-8-12-19-15-16-21(23-18-19)26-20-13-9-7-10-14-20/h7,9-10,13-16,18H,4-6,8,11-12,17H2,1-3H3.